The second-order valence-corrected chi connectivity index (χ2v) is 4.88. The molecular weight excluding hydrogens is 292 g/mol. The number of amides is 2. The molecule has 0 spiro atoms. The zero-order valence-electron chi connectivity index (χ0n) is 12.8. The van der Waals surface area contributed by atoms with Crippen LogP contribution in [0.1, 0.15) is 11.1 Å². The van der Waals surface area contributed by atoms with Crippen molar-refractivity contribution in [3.8, 4) is 5.75 Å². The van der Waals surface area contributed by atoms with Gasteiger partial charge in [0.15, 0.2) is 6.61 Å². The van der Waals surface area contributed by atoms with Crippen molar-refractivity contribution < 1.29 is 14.3 Å². The summed E-state index contributed by atoms with van der Waals surface area (Å²) in [6, 6.07) is 16.7. The summed E-state index contributed by atoms with van der Waals surface area (Å²) >= 11 is 0. The molecule has 0 saturated carbocycles. The quantitative estimate of drug-likeness (QED) is 0.657. The molecule has 5 heteroatoms. The molecular formula is C18H18N2O3. The molecule has 0 aliphatic carbocycles. The van der Waals surface area contributed by atoms with Gasteiger partial charge in [0.05, 0.1) is 0 Å². The maximum atomic E-state index is 11.6. The van der Waals surface area contributed by atoms with E-state index in [1.807, 2.05) is 49.4 Å². The van der Waals surface area contributed by atoms with Crippen molar-refractivity contribution in [1.29, 1.82) is 0 Å². The van der Waals surface area contributed by atoms with Crippen molar-refractivity contribution in [3.63, 3.8) is 0 Å². The third kappa shape index (κ3) is 6.05. The zero-order valence-corrected chi connectivity index (χ0v) is 12.8. The van der Waals surface area contributed by atoms with Crippen LogP contribution < -0.4 is 15.6 Å². The normalized spacial score (nSPS) is 10.3. The van der Waals surface area contributed by atoms with Crippen molar-refractivity contribution in [3.05, 3.63) is 71.8 Å². The molecule has 0 atom stereocenters. The van der Waals surface area contributed by atoms with Crippen LogP contribution in [0.25, 0.3) is 6.08 Å². The Morgan fingerprint density at radius 2 is 1.70 bits per heavy atom. The lowest BCUT2D eigenvalue weighted by molar-refractivity contribution is -0.128. The summed E-state index contributed by atoms with van der Waals surface area (Å²) in [7, 11) is 0. The maximum Gasteiger partial charge on any atom is 0.276 e. The van der Waals surface area contributed by atoms with Gasteiger partial charge in [-0.25, -0.2) is 0 Å². The predicted molar refractivity (Wildman–Crippen MR) is 88.4 cm³/mol. The van der Waals surface area contributed by atoms with Gasteiger partial charge < -0.3 is 4.74 Å². The van der Waals surface area contributed by atoms with Gasteiger partial charge >= 0.3 is 0 Å². The molecule has 0 aromatic heterocycles. The summed E-state index contributed by atoms with van der Waals surface area (Å²) < 4.78 is 5.26. The summed E-state index contributed by atoms with van der Waals surface area (Å²) in [6.07, 6.45) is 3.02. The van der Waals surface area contributed by atoms with Crippen molar-refractivity contribution in [1.82, 2.24) is 10.9 Å². The molecule has 0 unspecified atom stereocenters. The molecule has 23 heavy (non-hydrogen) atoms. The lowest BCUT2D eigenvalue weighted by Gasteiger charge is -2.07. The first-order chi connectivity index (χ1) is 11.1. The van der Waals surface area contributed by atoms with Crippen LogP contribution in [0, 0.1) is 6.92 Å². The van der Waals surface area contributed by atoms with E-state index in [0.29, 0.717) is 5.75 Å². The van der Waals surface area contributed by atoms with Gasteiger partial charge in [-0.1, -0.05) is 48.0 Å². The highest BCUT2D eigenvalue weighted by Crippen LogP contribution is 2.07. The molecule has 5 nitrogen and oxygen atoms in total. The van der Waals surface area contributed by atoms with Gasteiger partial charge in [0, 0.05) is 6.08 Å². The van der Waals surface area contributed by atoms with Crippen LogP contribution >= 0.6 is 0 Å². The minimum absolute atomic E-state index is 0.175. The number of aryl methyl sites for hydroxylation is 1. The molecule has 2 rings (SSSR count). The van der Waals surface area contributed by atoms with E-state index in [2.05, 4.69) is 10.9 Å². The van der Waals surface area contributed by atoms with Crippen molar-refractivity contribution in [2.24, 2.45) is 0 Å². The monoisotopic (exact) mass is 310 g/mol. The molecule has 0 heterocycles. The Bertz CT molecular complexity index is 679. The Morgan fingerprint density at radius 1 is 1.00 bits per heavy atom. The molecule has 118 valence electrons. The second kappa shape index (κ2) is 8.38. The summed E-state index contributed by atoms with van der Waals surface area (Å²) in [5, 5.41) is 0. The third-order valence-electron chi connectivity index (χ3n) is 2.94. The van der Waals surface area contributed by atoms with Gasteiger partial charge in [-0.3, -0.25) is 20.4 Å². The van der Waals surface area contributed by atoms with Gasteiger partial charge in [-0.05, 0) is 30.7 Å². The first kappa shape index (κ1) is 16.3. The number of hydrazine groups is 1. The minimum atomic E-state index is -0.439. The number of para-hydroxylation sites is 1. The average Bonchev–Trinajstić information content (AvgIpc) is 2.58. The van der Waals surface area contributed by atoms with E-state index in [9.17, 15) is 9.59 Å². The minimum Gasteiger partial charge on any atom is -0.484 e. The fourth-order valence-corrected chi connectivity index (χ4v) is 1.72. The number of ether oxygens (including phenoxy) is 1. The lowest BCUT2D eigenvalue weighted by Crippen LogP contribution is -2.43. The smallest absolute Gasteiger partial charge is 0.276 e. The third-order valence-corrected chi connectivity index (χ3v) is 2.94. The van der Waals surface area contributed by atoms with Crippen LogP contribution in [-0.2, 0) is 9.59 Å². The highest BCUT2D eigenvalue weighted by molar-refractivity contribution is 5.93. The van der Waals surface area contributed by atoms with E-state index < -0.39 is 11.8 Å². The summed E-state index contributed by atoms with van der Waals surface area (Å²) in [6.45, 7) is 1.82. The van der Waals surface area contributed by atoms with Crippen LogP contribution in [0.4, 0.5) is 0 Å². The van der Waals surface area contributed by atoms with E-state index in [0.717, 1.165) is 11.1 Å². The fourth-order valence-electron chi connectivity index (χ4n) is 1.72. The van der Waals surface area contributed by atoms with E-state index in [-0.39, 0.29) is 6.61 Å². The topological polar surface area (TPSA) is 67.4 Å². The number of benzene rings is 2. The molecule has 2 amide bonds. The van der Waals surface area contributed by atoms with Gasteiger partial charge in [0.1, 0.15) is 5.75 Å². The van der Waals surface area contributed by atoms with Gasteiger partial charge in [0.2, 0.25) is 0 Å². The Hall–Kier alpha value is -3.08. The van der Waals surface area contributed by atoms with Gasteiger partial charge in [0.25, 0.3) is 11.8 Å². The van der Waals surface area contributed by atoms with E-state index in [4.69, 9.17) is 4.74 Å². The highest BCUT2D eigenvalue weighted by atomic mass is 16.5. The van der Waals surface area contributed by atoms with Crippen molar-refractivity contribution in [2.45, 2.75) is 6.92 Å². The molecule has 0 radical (unpaired) electrons. The van der Waals surface area contributed by atoms with Crippen LogP contribution in [0.3, 0.4) is 0 Å². The maximum absolute atomic E-state index is 11.6. The van der Waals surface area contributed by atoms with Gasteiger partial charge in [-0.15, -0.1) is 0 Å². The summed E-state index contributed by atoms with van der Waals surface area (Å²) in [4.78, 5) is 23.2. The molecule has 2 aromatic carbocycles. The van der Waals surface area contributed by atoms with Gasteiger partial charge in [-0.2, -0.15) is 0 Å². The molecule has 0 bridgehead atoms. The molecule has 2 N–H and O–H groups in total. The largest absolute Gasteiger partial charge is 0.484 e. The number of hydrogen-bond acceptors (Lipinski definition) is 3. The summed E-state index contributed by atoms with van der Waals surface area (Å²) in [5.41, 5.74) is 6.64. The molecule has 0 aliphatic rings. The first-order valence-corrected chi connectivity index (χ1v) is 7.15. The zero-order chi connectivity index (χ0) is 16.5. The Kier molecular flexibility index (Phi) is 5.94. The predicted octanol–water partition coefficient (Wildman–Crippen LogP) is 2.23. The summed E-state index contributed by atoms with van der Waals surface area (Å²) in [5.74, 6) is -0.266. The van der Waals surface area contributed by atoms with Crippen LogP contribution in [0.2, 0.25) is 0 Å². The Labute approximate surface area is 134 Å². The van der Waals surface area contributed by atoms with Crippen LogP contribution in [-0.4, -0.2) is 18.4 Å². The SMILES string of the molecule is Cc1ccc(/C=C/C(=O)NNC(=O)COc2ccccc2)cc1. The molecule has 0 saturated heterocycles. The highest BCUT2D eigenvalue weighted by Gasteiger charge is 2.03. The Balaban J connectivity index is 1.71. The Morgan fingerprint density at radius 3 is 2.39 bits per heavy atom. The average molecular weight is 310 g/mol. The fraction of sp³-hybridized carbons (Fsp3) is 0.111. The molecule has 0 aliphatic heterocycles. The number of nitrogens with one attached hydrogen (secondary N) is 2. The van der Waals surface area contributed by atoms with Crippen LogP contribution in [0.15, 0.2) is 60.7 Å². The first-order valence-electron chi connectivity index (χ1n) is 7.15. The van der Waals surface area contributed by atoms with Crippen molar-refractivity contribution in [2.75, 3.05) is 6.61 Å². The molecule has 0 fully saturated rings. The molecule has 2 aromatic rings. The van der Waals surface area contributed by atoms with E-state index in [1.54, 1.807) is 18.2 Å². The van der Waals surface area contributed by atoms with Crippen LogP contribution in [0.5, 0.6) is 5.75 Å². The van der Waals surface area contributed by atoms with E-state index >= 15 is 0 Å². The lowest BCUT2D eigenvalue weighted by atomic mass is 10.1. The van der Waals surface area contributed by atoms with E-state index in [1.165, 1.54) is 6.08 Å². The number of hydrogen-bond donors (Lipinski definition) is 2. The number of carbonyl (C=O) groups is 2. The standard InChI is InChI=1S/C18H18N2O3/c1-14-7-9-15(10-8-14)11-12-17(21)19-20-18(22)13-23-16-5-3-2-4-6-16/h2-12H,13H2,1H3,(H,19,21)(H,20,22)/b12-11+. The number of rotatable bonds is 5. The number of carbonyl (C=O) groups excluding carboxylic acids is 2. The van der Waals surface area contributed by atoms with Crippen molar-refractivity contribution >= 4 is 17.9 Å². The second-order valence-electron chi connectivity index (χ2n) is 4.88.